The molecule has 0 aliphatic rings. The van der Waals surface area contributed by atoms with E-state index in [-0.39, 0.29) is 5.91 Å². The maximum absolute atomic E-state index is 12.0. The molecular weight excluding hydrogens is 365 g/mol. The van der Waals surface area contributed by atoms with Crippen molar-refractivity contribution in [3.63, 3.8) is 0 Å². The molecule has 0 aromatic heterocycles. The van der Waals surface area contributed by atoms with Crippen LogP contribution in [-0.2, 0) is 11.2 Å². The highest BCUT2D eigenvalue weighted by molar-refractivity contribution is 14.1. The van der Waals surface area contributed by atoms with Gasteiger partial charge in [-0.25, -0.2) is 0 Å². The molecule has 4 heteroatoms. The molecule has 0 aliphatic carbocycles. The summed E-state index contributed by atoms with van der Waals surface area (Å²) >= 11 is 2.22. The summed E-state index contributed by atoms with van der Waals surface area (Å²) in [5.74, 6) is 0.780. The van der Waals surface area contributed by atoms with Crippen molar-refractivity contribution in [3.05, 3.63) is 57.2 Å². The number of carbonyl (C=O) groups is 1. The highest BCUT2D eigenvalue weighted by Gasteiger charge is 2.07. The van der Waals surface area contributed by atoms with Crippen LogP contribution in [0, 0.1) is 10.5 Å². The number of aryl methyl sites for hydroxylation is 1. The van der Waals surface area contributed by atoms with Crippen LogP contribution in [0.5, 0.6) is 5.75 Å². The first kappa shape index (κ1) is 14.8. The number of ether oxygens (including phenoxy) is 1. The van der Waals surface area contributed by atoms with E-state index in [2.05, 4.69) is 27.9 Å². The summed E-state index contributed by atoms with van der Waals surface area (Å²) in [4.78, 5) is 12.0. The Bertz CT molecular complexity index is 626. The third-order valence-corrected chi connectivity index (χ3v) is 3.62. The molecule has 3 nitrogen and oxygen atoms in total. The molecule has 20 heavy (non-hydrogen) atoms. The van der Waals surface area contributed by atoms with Crippen LogP contribution in [0.2, 0.25) is 0 Å². The monoisotopic (exact) mass is 381 g/mol. The Hall–Kier alpha value is -1.56. The normalized spacial score (nSPS) is 10.2. The van der Waals surface area contributed by atoms with Crippen LogP contribution in [0.4, 0.5) is 5.69 Å². The highest BCUT2D eigenvalue weighted by atomic mass is 127. The van der Waals surface area contributed by atoms with Crippen LogP contribution in [0.1, 0.15) is 11.1 Å². The quantitative estimate of drug-likeness (QED) is 0.819. The van der Waals surface area contributed by atoms with Crippen molar-refractivity contribution in [1.82, 2.24) is 0 Å². The lowest BCUT2D eigenvalue weighted by Crippen LogP contribution is -2.14. The molecule has 0 radical (unpaired) electrons. The number of anilines is 1. The summed E-state index contributed by atoms with van der Waals surface area (Å²) in [5, 5.41) is 2.90. The molecule has 0 spiro atoms. The molecule has 0 atom stereocenters. The number of methoxy groups -OCH3 is 1. The molecule has 1 N–H and O–H groups in total. The van der Waals surface area contributed by atoms with Crippen LogP contribution in [0.15, 0.2) is 42.5 Å². The molecule has 0 saturated heterocycles. The molecule has 0 fully saturated rings. The molecule has 104 valence electrons. The molecule has 0 saturated carbocycles. The summed E-state index contributed by atoms with van der Waals surface area (Å²) in [7, 11) is 1.64. The van der Waals surface area contributed by atoms with E-state index >= 15 is 0 Å². The van der Waals surface area contributed by atoms with Crippen LogP contribution < -0.4 is 10.1 Å². The lowest BCUT2D eigenvalue weighted by molar-refractivity contribution is -0.115. The van der Waals surface area contributed by atoms with Crippen molar-refractivity contribution in [1.29, 1.82) is 0 Å². The molecule has 1 amide bonds. The van der Waals surface area contributed by atoms with Gasteiger partial charge in [-0.3, -0.25) is 4.79 Å². The van der Waals surface area contributed by atoms with Gasteiger partial charge in [0.15, 0.2) is 0 Å². The van der Waals surface area contributed by atoms with Crippen molar-refractivity contribution in [2.24, 2.45) is 0 Å². The molecule has 0 unspecified atom stereocenters. The van der Waals surface area contributed by atoms with E-state index in [0.29, 0.717) is 6.42 Å². The number of carbonyl (C=O) groups excluding carboxylic acids is 1. The van der Waals surface area contributed by atoms with Gasteiger partial charge in [-0.05, 0) is 64.9 Å². The van der Waals surface area contributed by atoms with E-state index in [9.17, 15) is 4.79 Å². The van der Waals surface area contributed by atoms with Gasteiger partial charge >= 0.3 is 0 Å². The minimum atomic E-state index is -0.0297. The Morgan fingerprint density at radius 3 is 2.75 bits per heavy atom. The topological polar surface area (TPSA) is 38.3 Å². The number of hydrogen-bond acceptors (Lipinski definition) is 2. The van der Waals surface area contributed by atoms with Gasteiger partial charge in [-0.1, -0.05) is 18.2 Å². The van der Waals surface area contributed by atoms with E-state index in [4.69, 9.17) is 4.74 Å². The maximum atomic E-state index is 12.0. The Labute approximate surface area is 132 Å². The fourth-order valence-electron chi connectivity index (χ4n) is 1.93. The zero-order chi connectivity index (χ0) is 14.5. The van der Waals surface area contributed by atoms with Gasteiger partial charge in [-0.2, -0.15) is 0 Å². The summed E-state index contributed by atoms with van der Waals surface area (Å²) in [6.45, 7) is 1.98. The Kier molecular flexibility index (Phi) is 5.00. The standard InChI is InChI=1S/C16H16INO2/c1-11-6-7-12(8-15(11)20-2)9-16(19)18-14-5-3-4-13(17)10-14/h3-8,10H,9H2,1-2H3,(H,18,19). The van der Waals surface area contributed by atoms with Crippen molar-refractivity contribution < 1.29 is 9.53 Å². The van der Waals surface area contributed by atoms with E-state index in [1.807, 2.05) is 49.4 Å². The third-order valence-electron chi connectivity index (χ3n) is 2.95. The number of nitrogens with one attached hydrogen (secondary N) is 1. The zero-order valence-electron chi connectivity index (χ0n) is 11.4. The van der Waals surface area contributed by atoms with Gasteiger partial charge < -0.3 is 10.1 Å². The van der Waals surface area contributed by atoms with E-state index in [1.165, 1.54) is 0 Å². The predicted molar refractivity (Wildman–Crippen MR) is 89.2 cm³/mol. The van der Waals surface area contributed by atoms with Crippen molar-refractivity contribution in [2.75, 3.05) is 12.4 Å². The van der Waals surface area contributed by atoms with Gasteiger partial charge in [0.05, 0.1) is 13.5 Å². The van der Waals surface area contributed by atoms with Crippen molar-refractivity contribution in [2.45, 2.75) is 13.3 Å². The zero-order valence-corrected chi connectivity index (χ0v) is 13.6. The number of benzene rings is 2. The largest absolute Gasteiger partial charge is 0.496 e. The maximum Gasteiger partial charge on any atom is 0.228 e. The van der Waals surface area contributed by atoms with E-state index in [0.717, 1.165) is 26.1 Å². The van der Waals surface area contributed by atoms with Gasteiger partial charge in [0.1, 0.15) is 5.75 Å². The second kappa shape index (κ2) is 6.74. The first-order chi connectivity index (χ1) is 9.58. The Morgan fingerprint density at radius 1 is 1.25 bits per heavy atom. The third kappa shape index (κ3) is 3.96. The Balaban J connectivity index is 2.04. The molecule has 2 aromatic rings. The van der Waals surface area contributed by atoms with Crippen LogP contribution >= 0.6 is 22.6 Å². The lowest BCUT2D eigenvalue weighted by Gasteiger charge is -2.08. The molecule has 2 rings (SSSR count). The number of halogens is 1. The highest BCUT2D eigenvalue weighted by Crippen LogP contribution is 2.19. The van der Waals surface area contributed by atoms with Gasteiger partial charge in [0.25, 0.3) is 0 Å². The average Bonchev–Trinajstić information content (AvgIpc) is 2.41. The first-order valence-electron chi connectivity index (χ1n) is 6.27. The number of hydrogen-bond donors (Lipinski definition) is 1. The lowest BCUT2D eigenvalue weighted by atomic mass is 10.1. The fourth-order valence-corrected chi connectivity index (χ4v) is 2.47. The predicted octanol–water partition coefficient (Wildman–Crippen LogP) is 3.79. The van der Waals surface area contributed by atoms with Crippen LogP contribution in [0.3, 0.4) is 0 Å². The van der Waals surface area contributed by atoms with Gasteiger partial charge in [0.2, 0.25) is 5.91 Å². The summed E-state index contributed by atoms with van der Waals surface area (Å²) in [5.41, 5.74) is 2.82. The molecular formula is C16H16INO2. The van der Waals surface area contributed by atoms with E-state index in [1.54, 1.807) is 7.11 Å². The molecule has 0 bridgehead atoms. The number of amides is 1. The summed E-state index contributed by atoms with van der Waals surface area (Å²) in [6.07, 6.45) is 0.335. The van der Waals surface area contributed by atoms with Gasteiger partial charge in [0, 0.05) is 9.26 Å². The van der Waals surface area contributed by atoms with Crippen LogP contribution in [-0.4, -0.2) is 13.0 Å². The summed E-state index contributed by atoms with van der Waals surface area (Å²) in [6, 6.07) is 13.6. The second-order valence-corrected chi connectivity index (χ2v) is 5.78. The Morgan fingerprint density at radius 2 is 2.05 bits per heavy atom. The SMILES string of the molecule is COc1cc(CC(=O)Nc2cccc(I)c2)ccc1C. The van der Waals surface area contributed by atoms with Crippen molar-refractivity contribution in [3.8, 4) is 5.75 Å². The smallest absolute Gasteiger partial charge is 0.228 e. The second-order valence-electron chi connectivity index (χ2n) is 4.54. The summed E-state index contributed by atoms with van der Waals surface area (Å²) < 4.78 is 6.36. The molecule has 0 aliphatic heterocycles. The molecule has 2 aromatic carbocycles. The minimum Gasteiger partial charge on any atom is -0.496 e. The fraction of sp³-hybridized carbons (Fsp3) is 0.188. The minimum absolute atomic E-state index is 0.0297. The van der Waals surface area contributed by atoms with Crippen molar-refractivity contribution >= 4 is 34.2 Å². The number of rotatable bonds is 4. The van der Waals surface area contributed by atoms with E-state index < -0.39 is 0 Å². The van der Waals surface area contributed by atoms with Gasteiger partial charge in [-0.15, -0.1) is 0 Å². The van der Waals surface area contributed by atoms with Crippen LogP contribution in [0.25, 0.3) is 0 Å². The first-order valence-corrected chi connectivity index (χ1v) is 7.35. The average molecular weight is 381 g/mol. The molecule has 0 heterocycles.